The summed E-state index contributed by atoms with van der Waals surface area (Å²) in [6.45, 7) is 7.40. The molecule has 0 aliphatic rings. The topological polar surface area (TPSA) is 70.3 Å². The number of nitrogens with zero attached hydrogens (tertiary/aromatic N) is 2. The fourth-order valence-corrected chi connectivity index (χ4v) is 2.95. The Morgan fingerprint density at radius 3 is 2.26 bits per heavy atom. The molecule has 0 unspecified atom stereocenters. The van der Waals surface area contributed by atoms with Gasteiger partial charge in [-0.05, 0) is 56.3 Å². The second kappa shape index (κ2) is 7.25. The van der Waals surface area contributed by atoms with Gasteiger partial charge in [-0.1, -0.05) is 18.2 Å². The molecule has 0 aliphatic heterocycles. The second-order valence-corrected chi connectivity index (χ2v) is 6.36. The van der Waals surface area contributed by atoms with Crippen molar-refractivity contribution in [2.45, 2.75) is 13.8 Å². The largest absolute Gasteiger partial charge is 0.462 e. The first-order chi connectivity index (χ1) is 12.8. The summed E-state index contributed by atoms with van der Waals surface area (Å²) in [6.07, 6.45) is 0. The highest BCUT2D eigenvalue weighted by Crippen LogP contribution is 2.20. The summed E-state index contributed by atoms with van der Waals surface area (Å²) in [5.41, 5.74) is 1.25. The van der Waals surface area contributed by atoms with E-state index in [0.29, 0.717) is 27.3 Å². The van der Waals surface area contributed by atoms with Crippen molar-refractivity contribution in [1.82, 2.24) is 9.13 Å². The van der Waals surface area contributed by atoms with Crippen molar-refractivity contribution < 1.29 is 14.3 Å². The van der Waals surface area contributed by atoms with Gasteiger partial charge in [0.25, 0.3) is 5.91 Å². The molecule has 0 N–H and O–H groups in total. The minimum Gasteiger partial charge on any atom is -0.462 e. The Morgan fingerprint density at radius 2 is 1.67 bits per heavy atom. The number of imidazole rings is 1. The van der Waals surface area contributed by atoms with Crippen LogP contribution in [0.2, 0.25) is 5.02 Å². The van der Waals surface area contributed by atoms with Crippen LogP contribution in [0.5, 0.6) is 0 Å². The zero-order valence-electron chi connectivity index (χ0n) is 14.9. The van der Waals surface area contributed by atoms with Gasteiger partial charge in [-0.15, -0.1) is 0 Å². The first-order valence-corrected chi connectivity index (χ1v) is 8.63. The van der Waals surface area contributed by atoms with E-state index in [1.165, 1.54) is 16.7 Å². The van der Waals surface area contributed by atoms with E-state index in [-0.39, 0.29) is 12.2 Å². The molecule has 0 radical (unpaired) electrons. The molecule has 7 heteroatoms. The third kappa shape index (κ3) is 3.31. The standard InChI is InChI=1S/C20H17ClN2O4/c1-4-27-19(25)14-7-10-16-17(11-14)22(12(2)3)20(26)23(16)18(24)13-5-8-15(21)9-6-13/h5-11H,2,4H2,1,3H3. The van der Waals surface area contributed by atoms with Gasteiger partial charge in [0, 0.05) is 16.3 Å². The molecule has 1 heterocycles. The monoisotopic (exact) mass is 384 g/mol. The molecule has 0 aliphatic carbocycles. The van der Waals surface area contributed by atoms with Crippen molar-refractivity contribution in [1.29, 1.82) is 0 Å². The van der Waals surface area contributed by atoms with E-state index in [1.807, 2.05) is 0 Å². The lowest BCUT2D eigenvalue weighted by Gasteiger charge is -2.04. The average Bonchev–Trinajstić information content (AvgIpc) is 2.93. The third-order valence-corrected chi connectivity index (χ3v) is 4.28. The van der Waals surface area contributed by atoms with E-state index < -0.39 is 17.6 Å². The SMILES string of the molecule is C=C(C)n1c(=O)n(C(=O)c2ccc(Cl)cc2)c2ccc(C(=O)OCC)cc21. The Balaban J connectivity index is 2.24. The number of rotatable bonds is 4. The van der Waals surface area contributed by atoms with Crippen molar-refractivity contribution in [3.8, 4) is 0 Å². The molecule has 0 saturated heterocycles. The number of halogens is 1. The predicted molar refractivity (Wildman–Crippen MR) is 104 cm³/mol. The summed E-state index contributed by atoms with van der Waals surface area (Å²) in [5.74, 6) is -0.998. The highest BCUT2D eigenvalue weighted by atomic mass is 35.5. The van der Waals surface area contributed by atoms with Crippen LogP contribution in [-0.4, -0.2) is 27.6 Å². The molecular weight excluding hydrogens is 368 g/mol. The molecule has 27 heavy (non-hydrogen) atoms. The lowest BCUT2D eigenvalue weighted by atomic mass is 10.2. The lowest BCUT2D eigenvalue weighted by Crippen LogP contribution is -2.28. The zero-order valence-corrected chi connectivity index (χ0v) is 15.6. The second-order valence-electron chi connectivity index (χ2n) is 5.92. The van der Waals surface area contributed by atoms with Crippen molar-refractivity contribution >= 4 is 40.2 Å². The summed E-state index contributed by atoms with van der Waals surface area (Å²) in [6, 6.07) is 10.9. The number of fused-ring (bicyclic) bond motifs is 1. The number of carbonyl (C=O) groups is 2. The molecule has 0 fully saturated rings. The molecule has 3 aromatic rings. The quantitative estimate of drug-likeness (QED) is 0.641. The molecule has 138 valence electrons. The number of hydrogen-bond donors (Lipinski definition) is 0. The zero-order chi connectivity index (χ0) is 19.7. The summed E-state index contributed by atoms with van der Waals surface area (Å²) in [7, 11) is 0. The molecule has 6 nitrogen and oxygen atoms in total. The van der Waals surface area contributed by atoms with Crippen LogP contribution in [0.25, 0.3) is 16.7 Å². The molecule has 1 aromatic heterocycles. The van der Waals surface area contributed by atoms with Gasteiger partial charge in [0.2, 0.25) is 0 Å². The van der Waals surface area contributed by atoms with Gasteiger partial charge in [-0.2, -0.15) is 0 Å². The van der Waals surface area contributed by atoms with E-state index in [9.17, 15) is 14.4 Å². The molecular formula is C20H17ClN2O4. The van der Waals surface area contributed by atoms with Crippen LogP contribution in [-0.2, 0) is 4.74 Å². The maximum atomic E-state index is 12.9. The summed E-state index contributed by atoms with van der Waals surface area (Å²) >= 11 is 5.87. The van der Waals surface area contributed by atoms with E-state index in [2.05, 4.69) is 6.58 Å². The summed E-state index contributed by atoms with van der Waals surface area (Å²) < 4.78 is 7.36. The van der Waals surface area contributed by atoms with Crippen LogP contribution >= 0.6 is 11.6 Å². The van der Waals surface area contributed by atoms with Crippen molar-refractivity contribution in [2.24, 2.45) is 0 Å². The average molecular weight is 385 g/mol. The van der Waals surface area contributed by atoms with Crippen LogP contribution < -0.4 is 5.69 Å². The van der Waals surface area contributed by atoms with Crippen LogP contribution in [0.15, 0.2) is 53.8 Å². The van der Waals surface area contributed by atoms with E-state index in [4.69, 9.17) is 16.3 Å². The van der Waals surface area contributed by atoms with E-state index >= 15 is 0 Å². The molecule has 3 rings (SSSR count). The number of ether oxygens (including phenoxy) is 1. The van der Waals surface area contributed by atoms with Gasteiger partial charge in [-0.25, -0.2) is 14.2 Å². The minimum atomic E-state index is -0.557. The Morgan fingerprint density at radius 1 is 1.04 bits per heavy atom. The fraction of sp³-hybridized carbons (Fsp3) is 0.150. The smallest absolute Gasteiger partial charge is 0.340 e. The number of esters is 1. The van der Waals surface area contributed by atoms with Crippen LogP contribution in [0, 0.1) is 0 Å². The van der Waals surface area contributed by atoms with Crippen LogP contribution in [0.3, 0.4) is 0 Å². The van der Waals surface area contributed by atoms with E-state index in [0.717, 1.165) is 4.57 Å². The molecule has 2 aromatic carbocycles. The number of allylic oxidation sites excluding steroid dienone is 1. The van der Waals surface area contributed by atoms with E-state index in [1.54, 1.807) is 44.2 Å². The lowest BCUT2D eigenvalue weighted by molar-refractivity contribution is 0.0526. The molecule has 0 amide bonds. The third-order valence-electron chi connectivity index (χ3n) is 4.03. The van der Waals surface area contributed by atoms with Gasteiger partial charge in [0.1, 0.15) is 0 Å². The molecule has 0 bridgehead atoms. The first-order valence-electron chi connectivity index (χ1n) is 8.26. The minimum absolute atomic E-state index is 0.236. The van der Waals surface area contributed by atoms with Crippen molar-refractivity contribution in [2.75, 3.05) is 6.61 Å². The van der Waals surface area contributed by atoms with Gasteiger partial charge in [0.15, 0.2) is 0 Å². The van der Waals surface area contributed by atoms with Crippen molar-refractivity contribution in [3.05, 3.63) is 75.7 Å². The Hall–Kier alpha value is -3.12. The van der Waals surface area contributed by atoms with Crippen LogP contribution in [0.4, 0.5) is 0 Å². The summed E-state index contributed by atoms with van der Waals surface area (Å²) in [4.78, 5) is 37.9. The Kier molecular flexibility index (Phi) is 5.01. The number of benzene rings is 2. The maximum absolute atomic E-state index is 12.9. The molecule has 0 spiro atoms. The van der Waals surface area contributed by atoms with Gasteiger partial charge in [0.05, 0.1) is 23.2 Å². The Bertz CT molecular complexity index is 1120. The number of aromatic nitrogens is 2. The molecule has 0 saturated carbocycles. The number of carbonyl (C=O) groups excluding carboxylic acids is 2. The van der Waals surface area contributed by atoms with Gasteiger partial charge in [-0.3, -0.25) is 9.36 Å². The predicted octanol–water partition coefficient (Wildman–Crippen LogP) is 3.81. The number of hydrogen-bond acceptors (Lipinski definition) is 4. The van der Waals surface area contributed by atoms with Crippen LogP contribution in [0.1, 0.15) is 34.6 Å². The summed E-state index contributed by atoms with van der Waals surface area (Å²) in [5, 5.41) is 0.488. The Labute approximate surface area is 160 Å². The fourth-order valence-electron chi connectivity index (χ4n) is 2.83. The van der Waals surface area contributed by atoms with Crippen molar-refractivity contribution in [3.63, 3.8) is 0 Å². The normalized spacial score (nSPS) is 10.8. The first kappa shape index (κ1) is 18.7. The maximum Gasteiger partial charge on any atom is 0.340 e. The molecule has 0 atom stereocenters. The van der Waals surface area contributed by atoms with Gasteiger partial charge < -0.3 is 4.74 Å². The van der Waals surface area contributed by atoms with Gasteiger partial charge >= 0.3 is 11.7 Å². The highest BCUT2D eigenvalue weighted by molar-refractivity contribution is 6.30. The highest BCUT2D eigenvalue weighted by Gasteiger charge is 2.21.